The van der Waals surface area contributed by atoms with Crippen LogP contribution in [0.25, 0.3) is 0 Å². The first-order valence-corrected chi connectivity index (χ1v) is 6.99. The van der Waals surface area contributed by atoms with Crippen LogP contribution in [-0.4, -0.2) is 6.04 Å². The third-order valence-corrected chi connectivity index (χ3v) is 4.07. The normalized spacial score (nSPS) is 19.3. The minimum atomic E-state index is 0.173. The van der Waals surface area contributed by atoms with Crippen molar-refractivity contribution in [2.75, 3.05) is 0 Å². The molecule has 0 radical (unpaired) electrons. The van der Waals surface area contributed by atoms with Crippen molar-refractivity contribution in [3.05, 3.63) is 35.9 Å². The molecule has 0 heterocycles. The van der Waals surface area contributed by atoms with Crippen LogP contribution in [0.3, 0.4) is 0 Å². The Morgan fingerprint density at radius 1 is 1.28 bits per heavy atom. The monoisotopic (exact) mass is 242 g/mol. The molecule has 0 aromatic heterocycles. The molecule has 0 saturated heterocycles. The summed E-state index contributed by atoms with van der Waals surface area (Å²) in [4.78, 5) is 0. The summed E-state index contributed by atoms with van der Waals surface area (Å²) in [6, 6.07) is 13.3. The maximum atomic E-state index is 8.99. The molecule has 0 bridgehead atoms. The molecule has 2 rings (SSSR count). The van der Waals surface area contributed by atoms with Gasteiger partial charge >= 0.3 is 0 Å². The van der Waals surface area contributed by atoms with Crippen molar-refractivity contribution in [1.29, 1.82) is 5.26 Å². The fraction of sp³-hybridized carbons (Fsp3) is 0.562. The summed E-state index contributed by atoms with van der Waals surface area (Å²) in [5.74, 6) is 0.787. The van der Waals surface area contributed by atoms with E-state index in [2.05, 4.69) is 30.4 Å². The molecular weight excluding hydrogens is 220 g/mol. The minimum absolute atomic E-state index is 0.173. The fourth-order valence-electron chi connectivity index (χ4n) is 2.96. The molecule has 1 aromatic carbocycles. The molecule has 1 aromatic rings. The highest BCUT2D eigenvalue weighted by molar-refractivity contribution is 5.20. The van der Waals surface area contributed by atoms with Gasteiger partial charge in [0, 0.05) is 12.1 Å². The number of rotatable bonds is 5. The number of nitriles is 1. The van der Waals surface area contributed by atoms with Crippen molar-refractivity contribution in [2.45, 2.75) is 51.1 Å². The van der Waals surface area contributed by atoms with E-state index in [1.165, 1.54) is 31.2 Å². The molecule has 0 amide bonds. The minimum Gasteiger partial charge on any atom is -0.306 e. The Hall–Kier alpha value is -1.33. The molecule has 2 atom stereocenters. The second kappa shape index (κ2) is 6.56. The lowest BCUT2D eigenvalue weighted by Gasteiger charge is -2.26. The van der Waals surface area contributed by atoms with E-state index >= 15 is 0 Å². The summed E-state index contributed by atoms with van der Waals surface area (Å²) in [6.07, 6.45) is 5.95. The van der Waals surface area contributed by atoms with Gasteiger partial charge in [-0.25, -0.2) is 0 Å². The van der Waals surface area contributed by atoms with Crippen molar-refractivity contribution in [2.24, 2.45) is 5.92 Å². The Morgan fingerprint density at radius 2 is 1.94 bits per heavy atom. The predicted molar refractivity (Wildman–Crippen MR) is 74.0 cm³/mol. The van der Waals surface area contributed by atoms with Crippen molar-refractivity contribution in [3.8, 4) is 6.07 Å². The third-order valence-electron chi connectivity index (χ3n) is 4.07. The Balaban J connectivity index is 2.00. The number of hydrogen-bond donors (Lipinski definition) is 1. The first-order valence-electron chi connectivity index (χ1n) is 6.99. The van der Waals surface area contributed by atoms with Gasteiger partial charge < -0.3 is 5.32 Å². The van der Waals surface area contributed by atoms with Gasteiger partial charge in [0.2, 0.25) is 0 Å². The van der Waals surface area contributed by atoms with Gasteiger partial charge in [-0.2, -0.15) is 5.26 Å². The molecule has 1 N–H and O–H groups in total. The Kier molecular flexibility index (Phi) is 4.78. The summed E-state index contributed by atoms with van der Waals surface area (Å²) in [5, 5.41) is 12.6. The van der Waals surface area contributed by atoms with E-state index in [0.29, 0.717) is 12.5 Å². The maximum absolute atomic E-state index is 8.99. The van der Waals surface area contributed by atoms with Crippen molar-refractivity contribution < 1.29 is 0 Å². The standard InChI is InChI=1S/C16H22N2/c1-13(14-7-5-6-8-14)18-16(11-12-17)15-9-3-2-4-10-15/h2-4,9-10,13-14,16,18H,5-8,11H2,1H3/t13-,16?/m1/s1. The summed E-state index contributed by atoms with van der Waals surface area (Å²) in [5.41, 5.74) is 1.23. The van der Waals surface area contributed by atoms with Gasteiger partial charge in [-0.15, -0.1) is 0 Å². The van der Waals surface area contributed by atoms with Crippen LogP contribution in [0.5, 0.6) is 0 Å². The van der Waals surface area contributed by atoms with E-state index in [9.17, 15) is 0 Å². The van der Waals surface area contributed by atoms with Gasteiger partial charge in [0.05, 0.1) is 12.5 Å². The van der Waals surface area contributed by atoms with Crippen LogP contribution in [0.4, 0.5) is 0 Å². The van der Waals surface area contributed by atoms with E-state index in [4.69, 9.17) is 5.26 Å². The van der Waals surface area contributed by atoms with Gasteiger partial charge in [-0.1, -0.05) is 43.2 Å². The fourth-order valence-corrected chi connectivity index (χ4v) is 2.96. The van der Waals surface area contributed by atoms with Gasteiger partial charge in [0.15, 0.2) is 0 Å². The van der Waals surface area contributed by atoms with E-state index < -0.39 is 0 Å². The summed E-state index contributed by atoms with van der Waals surface area (Å²) >= 11 is 0. The topological polar surface area (TPSA) is 35.8 Å². The van der Waals surface area contributed by atoms with Gasteiger partial charge in [-0.05, 0) is 31.2 Å². The zero-order chi connectivity index (χ0) is 12.8. The molecule has 2 heteroatoms. The largest absolute Gasteiger partial charge is 0.306 e. The predicted octanol–water partition coefficient (Wildman–Crippen LogP) is 3.81. The van der Waals surface area contributed by atoms with Crippen molar-refractivity contribution in [3.63, 3.8) is 0 Å². The van der Waals surface area contributed by atoms with E-state index in [0.717, 1.165) is 5.92 Å². The number of nitrogens with zero attached hydrogens (tertiary/aromatic N) is 1. The summed E-state index contributed by atoms with van der Waals surface area (Å²) in [6.45, 7) is 2.27. The lowest BCUT2D eigenvalue weighted by molar-refractivity contribution is 0.345. The summed E-state index contributed by atoms with van der Waals surface area (Å²) in [7, 11) is 0. The van der Waals surface area contributed by atoms with Crippen LogP contribution in [0, 0.1) is 17.2 Å². The molecular formula is C16H22N2. The molecule has 0 spiro atoms. The third kappa shape index (κ3) is 3.34. The van der Waals surface area contributed by atoms with Gasteiger partial charge in [-0.3, -0.25) is 0 Å². The molecule has 1 saturated carbocycles. The zero-order valence-electron chi connectivity index (χ0n) is 11.1. The van der Waals surface area contributed by atoms with E-state index in [-0.39, 0.29) is 6.04 Å². The highest BCUT2D eigenvalue weighted by Gasteiger charge is 2.23. The van der Waals surface area contributed by atoms with E-state index in [1.807, 2.05) is 18.2 Å². The quantitative estimate of drug-likeness (QED) is 0.852. The molecule has 18 heavy (non-hydrogen) atoms. The Morgan fingerprint density at radius 3 is 2.56 bits per heavy atom. The number of benzene rings is 1. The number of hydrogen-bond acceptors (Lipinski definition) is 2. The highest BCUT2D eigenvalue weighted by Crippen LogP contribution is 2.29. The van der Waals surface area contributed by atoms with Crippen LogP contribution in [0.1, 0.15) is 50.6 Å². The van der Waals surface area contributed by atoms with Crippen LogP contribution < -0.4 is 5.32 Å². The average Bonchev–Trinajstić information content (AvgIpc) is 2.93. The van der Waals surface area contributed by atoms with Gasteiger partial charge in [0.1, 0.15) is 0 Å². The van der Waals surface area contributed by atoms with Crippen LogP contribution in [0.15, 0.2) is 30.3 Å². The molecule has 1 fully saturated rings. The molecule has 1 unspecified atom stereocenters. The second-order valence-electron chi connectivity index (χ2n) is 5.33. The SMILES string of the molecule is C[C@@H](NC(CC#N)c1ccccc1)C1CCCC1. The lowest BCUT2D eigenvalue weighted by atomic mass is 9.96. The highest BCUT2D eigenvalue weighted by atomic mass is 15.0. The first-order chi connectivity index (χ1) is 8.81. The number of nitrogens with one attached hydrogen (secondary N) is 1. The second-order valence-corrected chi connectivity index (χ2v) is 5.33. The molecule has 2 nitrogen and oxygen atoms in total. The zero-order valence-corrected chi connectivity index (χ0v) is 11.1. The molecule has 1 aliphatic rings. The first kappa shape index (κ1) is 13.1. The van der Waals surface area contributed by atoms with Crippen molar-refractivity contribution >= 4 is 0 Å². The average molecular weight is 242 g/mol. The molecule has 0 aliphatic heterocycles. The Bertz CT molecular complexity index is 387. The molecule has 96 valence electrons. The lowest BCUT2D eigenvalue weighted by Crippen LogP contribution is -2.35. The summed E-state index contributed by atoms with van der Waals surface area (Å²) < 4.78 is 0. The van der Waals surface area contributed by atoms with E-state index in [1.54, 1.807) is 0 Å². The Labute approximate surface area is 110 Å². The van der Waals surface area contributed by atoms with Crippen LogP contribution >= 0.6 is 0 Å². The van der Waals surface area contributed by atoms with Crippen molar-refractivity contribution in [1.82, 2.24) is 5.32 Å². The smallest absolute Gasteiger partial charge is 0.0641 e. The van der Waals surface area contributed by atoms with Crippen LogP contribution in [-0.2, 0) is 0 Å². The maximum Gasteiger partial charge on any atom is 0.0641 e. The van der Waals surface area contributed by atoms with Crippen LogP contribution in [0.2, 0.25) is 0 Å². The molecule has 1 aliphatic carbocycles. The van der Waals surface area contributed by atoms with Gasteiger partial charge in [0.25, 0.3) is 0 Å².